The van der Waals surface area contributed by atoms with Gasteiger partial charge in [0.1, 0.15) is 10.6 Å². The molecule has 166 valence electrons. The van der Waals surface area contributed by atoms with E-state index in [1.165, 1.54) is 28.6 Å². The van der Waals surface area contributed by atoms with Gasteiger partial charge < -0.3 is 4.74 Å². The van der Waals surface area contributed by atoms with Gasteiger partial charge in [0.15, 0.2) is 0 Å². The first kappa shape index (κ1) is 23.1. The van der Waals surface area contributed by atoms with Crippen LogP contribution in [0.4, 0.5) is 5.69 Å². The maximum absolute atomic E-state index is 13.1. The fourth-order valence-electron chi connectivity index (χ4n) is 3.30. The van der Waals surface area contributed by atoms with Crippen LogP contribution in [0.3, 0.4) is 0 Å². The van der Waals surface area contributed by atoms with Crippen molar-refractivity contribution in [1.29, 1.82) is 0 Å². The first-order valence-electron chi connectivity index (χ1n) is 10.0. The largest absolute Gasteiger partial charge is 0.492 e. The van der Waals surface area contributed by atoms with Crippen LogP contribution in [0.25, 0.3) is 10.8 Å². The van der Waals surface area contributed by atoms with E-state index >= 15 is 0 Å². The summed E-state index contributed by atoms with van der Waals surface area (Å²) in [5.74, 6) is 0.183. The van der Waals surface area contributed by atoms with E-state index < -0.39 is 20.0 Å². The first-order valence-corrected chi connectivity index (χ1v) is 12.9. The number of ether oxygens (including phenoxy) is 1. The van der Waals surface area contributed by atoms with Gasteiger partial charge in [-0.2, -0.15) is 4.31 Å². The number of sulfonamides is 2. The lowest BCUT2D eigenvalue weighted by Crippen LogP contribution is -2.31. The molecule has 0 spiro atoms. The molecule has 9 heteroatoms. The summed E-state index contributed by atoms with van der Waals surface area (Å²) in [6, 6.07) is 16.6. The molecule has 3 aromatic carbocycles. The van der Waals surface area contributed by atoms with Gasteiger partial charge in [-0.3, -0.25) is 4.72 Å². The van der Waals surface area contributed by atoms with Gasteiger partial charge in [0.2, 0.25) is 10.0 Å². The number of nitrogens with one attached hydrogen (secondary N) is 1. The van der Waals surface area contributed by atoms with E-state index in [4.69, 9.17) is 4.74 Å². The number of fused-ring (bicyclic) bond motifs is 1. The second kappa shape index (κ2) is 9.25. The summed E-state index contributed by atoms with van der Waals surface area (Å²) in [5.41, 5.74) is 0.141. The fraction of sp³-hybridized carbons (Fsp3) is 0.273. The third kappa shape index (κ3) is 4.84. The Labute approximate surface area is 183 Å². The highest BCUT2D eigenvalue weighted by Gasteiger charge is 2.27. The number of rotatable bonds is 9. The molecule has 0 saturated heterocycles. The number of hydrogen-bond acceptors (Lipinski definition) is 5. The van der Waals surface area contributed by atoms with Crippen LogP contribution in [0, 0.1) is 0 Å². The predicted octanol–water partition coefficient (Wildman–Crippen LogP) is 4.07. The number of nitrogens with zero attached hydrogens (tertiary/aromatic N) is 1. The summed E-state index contributed by atoms with van der Waals surface area (Å²) in [5, 5.41) is 1.72. The zero-order chi connectivity index (χ0) is 22.6. The van der Waals surface area contributed by atoms with Crippen molar-refractivity contribution in [2.45, 2.75) is 30.6 Å². The highest BCUT2D eigenvalue weighted by Crippen LogP contribution is 2.31. The van der Waals surface area contributed by atoms with Crippen LogP contribution in [0.1, 0.15) is 20.8 Å². The molecule has 31 heavy (non-hydrogen) atoms. The van der Waals surface area contributed by atoms with E-state index in [1.807, 2.05) is 24.3 Å². The van der Waals surface area contributed by atoms with Gasteiger partial charge >= 0.3 is 0 Å². The minimum Gasteiger partial charge on any atom is -0.492 e. The van der Waals surface area contributed by atoms with Gasteiger partial charge in [-0.15, -0.1) is 0 Å². The number of anilines is 1. The topological polar surface area (TPSA) is 92.8 Å². The molecule has 0 unspecified atom stereocenters. The molecule has 0 heterocycles. The summed E-state index contributed by atoms with van der Waals surface area (Å²) in [7, 11) is -7.77. The Balaban J connectivity index is 2.02. The highest BCUT2D eigenvalue weighted by atomic mass is 32.2. The molecule has 3 aromatic rings. The summed E-state index contributed by atoms with van der Waals surface area (Å²) in [6.07, 6.45) is 0. The predicted molar refractivity (Wildman–Crippen MR) is 122 cm³/mol. The van der Waals surface area contributed by atoms with E-state index in [1.54, 1.807) is 32.9 Å². The summed E-state index contributed by atoms with van der Waals surface area (Å²) >= 11 is 0. The quantitative estimate of drug-likeness (QED) is 0.517. The Hall–Kier alpha value is -2.62. The normalized spacial score (nSPS) is 12.3. The maximum atomic E-state index is 13.1. The van der Waals surface area contributed by atoms with Crippen molar-refractivity contribution < 1.29 is 21.6 Å². The second-order valence-corrected chi connectivity index (χ2v) is 10.4. The molecular weight excluding hydrogens is 436 g/mol. The molecule has 0 radical (unpaired) electrons. The Morgan fingerprint density at radius 3 is 2.16 bits per heavy atom. The van der Waals surface area contributed by atoms with E-state index in [0.717, 1.165) is 10.8 Å². The maximum Gasteiger partial charge on any atom is 0.261 e. The first-order chi connectivity index (χ1) is 14.7. The monoisotopic (exact) mass is 462 g/mol. The van der Waals surface area contributed by atoms with Gasteiger partial charge in [-0.1, -0.05) is 44.2 Å². The van der Waals surface area contributed by atoms with Crippen molar-refractivity contribution in [2.24, 2.45) is 0 Å². The Bertz CT molecular complexity index is 1280. The average Bonchev–Trinajstić information content (AvgIpc) is 2.75. The lowest BCUT2D eigenvalue weighted by atomic mass is 10.1. The molecule has 0 aliphatic heterocycles. The van der Waals surface area contributed by atoms with Crippen LogP contribution >= 0.6 is 0 Å². The van der Waals surface area contributed by atoms with Crippen molar-refractivity contribution >= 4 is 36.5 Å². The molecular formula is C22H26N2O5S2. The smallest absolute Gasteiger partial charge is 0.261 e. The van der Waals surface area contributed by atoms with Gasteiger partial charge in [-0.25, -0.2) is 16.8 Å². The third-order valence-corrected chi connectivity index (χ3v) is 8.30. The van der Waals surface area contributed by atoms with Crippen LogP contribution in [0.2, 0.25) is 0 Å². The van der Waals surface area contributed by atoms with Crippen LogP contribution in [0.15, 0.2) is 70.5 Å². The van der Waals surface area contributed by atoms with Crippen molar-refractivity contribution in [3.8, 4) is 5.75 Å². The second-order valence-electron chi connectivity index (χ2n) is 6.80. The van der Waals surface area contributed by atoms with Gasteiger partial charge in [0.05, 0.1) is 17.2 Å². The average molecular weight is 463 g/mol. The molecule has 0 bridgehead atoms. The van der Waals surface area contributed by atoms with E-state index in [0.29, 0.717) is 0 Å². The van der Waals surface area contributed by atoms with Gasteiger partial charge in [0, 0.05) is 13.1 Å². The summed E-state index contributed by atoms with van der Waals surface area (Å²) < 4.78 is 61.4. The zero-order valence-electron chi connectivity index (χ0n) is 17.7. The molecule has 0 aromatic heterocycles. The molecule has 0 aliphatic rings. The Kier molecular flexibility index (Phi) is 6.88. The summed E-state index contributed by atoms with van der Waals surface area (Å²) in [6.45, 7) is 6.10. The Morgan fingerprint density at radius 2 is 1.52 bits per heavy atom. The SMILES string of the molecule is CCOc1ccc(NS(=O)(=O)c2ccc3ccccc3c2)cc1S(=O)(=O)N(CC)CC. The van der Waals surface area contributed by atoms with Crippen LogP contribution < -0.4 is 9.46 Å². The lowest BCUT2D eigenvalue weighted by molar-refractivity contribution is 0.329. The van der Waals surface area contributed by atoms with Gasteiger partial charge in [0.25, 0.3) is 10.0 Å². The number of benzene rings is 3. The van der Waals surface area contributed by atoms with E-state index in [2.05, 4.69) is 4.72 Å². The molecule has 0 atom stereocenters. The van der Waals surface area contributed by atoms with Crippen molar-refractivity contribution in [1.82, 2.24) is 4.31 Å². The summed E-state index contributed by atoms with van der Waals surface area (Å²) in [4.78, 5) is 0.0185. The van der Waals surface area contributed by atoms with E-state index in [-0.39, 0.29) is 40.9 Å². The minimum absolute atomic E-state index is 0.0724. The fourth-order valence-corrected chi connectivity index (χ4v) is 6.00. The molecule has 1 N–H and O–H groups in total. The van der Waals surface area contributed by atoms with E-state index in [9.17, 15) is 16.8 Å². The van der Waals surface area contributed by atoms with Crippen LogP contribution in [0.5, 0.6) is 5.75 Å². The van der Waals surface area contributed by atoms with Crippen LogP contribution in [-0.2, 0) is 20.0 Å². The molecule has 0 saturated carbocycles. The van der Waals surface area contributed by atoms with Crippen molar-refractivity contribution in [3.05, 3.63) is 60.7 Å². The molecule has 0 amide bonds. The number of hydrogen-bond donors (Lipinski definition) is 1. The van der Waals surface area contributed by atoms with Crippen molar-refractivity contribution in [3.63, 3.8) is 0 Å². The van der Waals surface area contributed by atoms with Crippen LogP contribution in [-0.4, -0.2) is 40.8 Å². The standard InChI is InChI=1S/C22H26N2O5S2/c1-4-24(5-2)31(27,28)22-16-19(12-14-21(22)29-6-3)23-30(25,26)20-13-11-17-9-7-8-10-18(17)15-20/h7-16,23H,4-6H2,1-3H3. The molecule has 7 nitrogen and oxygen atoms in total. The van der Waals surface area contributed by atoms with Crippen molar-refractivity contribution in [2.75, 3.05) is 24.4 Å². The minimum atomic E-state index is -3.92. The zero-order valence-corrected chi connectivity index (χ0v) is 19.3. The molecule has 3 rings (SSSR count). The molecule has 0 aliphatic carbocycles. The molecule has 0 fully saturated rings. The lowest BCUT2D eigenvalue weighted by Gasteiger charge is -2.21. The Morgan fingerprint density at radius 1 is 0.839 bits per heavy atom. The third-order valence-electron chi connectivity index (χ3n) is 4.85. The highest BCUT2D eigenvalue weighted by molar-refractivity contribution is 7.92. The van der Waals surface area contributed by atoms with Gasteiger partial charge in [-0.05, 0) is 48.0 Å².